The van der Waals surface area contributed by atoms with E-state index >= 15 is 0 Å². The van der Waals surface area contributed by atoms with Crippen LogP contribution < -0.4 is 0 Å². The second kappa shape index (κ2) is 11.2. The maximum atomic E-state index is 14.0. The van der Waals surface area contributed by atoms with Gasteiger partial charge in [-0.2, -0.15) is 27.3 Å². The molecule has 0 atom stereocenters. The third-order valence-electron chi connectivity index (χ3n) is 5.89. The summed E-state index contributed by atoms with van der Waals surface area (Å²) in [4.78, 5) is 6.54. The molecule has 0 saturated heterocycles. The molecule has 0 aliphatic rings. The van der Waals surface area contributed by atoms with Crippen molar-refractivity contribution in [2.75, 3.05) is 13.6 Å². The second-order valence-electron chi connectivity index (χ2n) is 8.54. The van der Waals surface area contributed by atoms with Crippen LogP contribution in [0.25, 0.3) is 34.0 Å². The molecule has 0 bridgehead atoms. The molecule has 0 radical (unpaired) electrons. The van der Waals surface area contributed by atoms with E-state index in [2.05, 4.69) is 16.2 Å². The fourth-order valence-corrected chi connectivity index (χ4v) is 4.39. The topological polar surface area (TPSA) is 66.0 Å². The van der Waals surface area contributed by atoms with E-state index in [0.29, 0.717) is 35.5 Å². The first kappa shape index (κ1) is 26.4. The Kier molecular flexibility index (Phi) is 7.95. The van der Waals surface area contributed by atoms with Crippen molar-refractivity contribution >= 4 is 12.1 Å². The number of hydrogen-bond donors (Lipinski definition) is 0. The van der Waals surface area contributed by atoms with Crippen LogP contribution in [0.3, 0.4) is 0 Å². The van der Waals surface area contributed by atoms with Crippen LogP contribution in [0.5, 0.6) is 0 Å². The summed E-state index contributed by atoms with van der Waals surface area (Å²) in [5.41, 5.74) is 1.78. The van der Waals surface area contributed by atoms with Crippen molar-refractivity contribution in [2.24, 2.45) is 0 Å². The average Bonchev–Trinajstić information content (AvgIpc) is 3.37. The van der Waals surface area contributed by atoms with Gasteiger partial charge in [0.25, 0.3) is 5.89 Å². The van der Waals surface area contributed by atoms with Crippen LogP contribution in [0.1, 0.15) is 23.1 Å². The van der Waals surface area contributed by atoms with Crippen LogP contribution in [0.15, 0.2) is 70.1 Å². The molecule has 0 N–H and O–H groups in total. The average molecular weight is 527 g/mol. The van der Waals surface area contributed by atoms with E-state index in [1.165, 1.54) is 12.1 Å². The largest absolute Gasteiger partial charge is 0.417 e. The highest BCUT2D eigenvalue weighted by atomic mass is 32.2. The summed E-state index contributed by atoms with van der Waals surface area (Å²) in [6.45, 7) is 2.75. The summed E-state index contributed by atoms with van der Waals surface area (Å²) in [5, 5.41) is 12.7. The normalized spacial score (nSPS) is 11.6. The minimum Gasteiger partial charge on any atom is -0.334 e. The van der Waals surface area contributed by atoms with Gasteiger partial charge < -0.3 is 9.42 Å². The zero-order chi connectivity index (χ0) is 26.6. The van der Waals surface area contributed by atoms with Crippen molar-refractivity contribution in [1.29, 1.82) is 5.26 Å². The molecule has 1 aromatic heterocycles. The lowest BCUT2D eigenvalue weighted by Gasteiger charge is -2.16. The highest BCUT2D eigenvalue weighted by Crippen LogP contribution is 2.40. The lowest BCUT2D eigenvalue weighted by molar-refractivity contribution is -0.137. The summed E-state index contributed by atoms with van der Waals surface area (Å²) in [6, 6.07) is 17.9. The summed E-state index contributed by atoms with van der Waals surface area (Å²) < 4.78 is 60.9. The number of aryl methyl sites for hydroxylation is 1. The summed E-state index contributed by atoms with van der Waals surface area (Å²) in [6.07, 6.45) is -4.24. The van der Waals surface area contributed by atoms with Gasteiger partial charge in [-0.05, 0) is 54.4 Å². The van der Waals surface area contributed by atoms with E-state index in [-0.39, 0.29) is 35.0 Å². The molecule has 0 saturated carbocycles. The molecule has 3 aromatic carbocycles. The number of alkyl halides is 3. The van der Waals surface area contributed by atoms with Gasteiger partial charge in [0.15, 0.2) is 0 Å². The number of nitrogens with zero attached hydrogens (tertiary/aromatic N) is 4. The van der Waals surface area contributed by atoms with Crippen LogP contribution in [-0.2, 0) is 12.7 Å². The van der Waals surface area contributed by atoms with Gasteiger partial charge in [-0.3, -0.25) is 0 Å². The van der Waals surface area contributed by atoms with Crippen molar-refractivity contribution in [2.45, 2.75) is 31.0 Å². The lowest BCUT2D eigenvalue weighted by Crippen LogP contribution is -2.19. The molecule has 4 aromatic rings. The smallest absolute Gasteiger partial charge is 0.334 e. The number of rotatable bonds is 8. The first-order valence-electron chi connectivity index (χ1n) is 11.3. The Bertz CT molecular complexity index is 1450. The van der Waals surface area contributed by atoms with Gasteiger partial charge >= 0.3 is 6.18 Å². The van der Waals surface area contributed by atoms with Gasteiger partial charge in [-0.15, -0.1) is 0 Å². The number of halogens is 4. The third kappa shape index (κ3) is 6.01. The van der Waals surface area contributed by atoms with Crippen LogP contribution in [0.2, 0.25) is 0 Å². The Morgan fingerprint density at radius 3 is 2.49 bits per heavy atom. The number of hydrogen-bond acceptors (Lipinski definition) is 6. The first-order chi connectivity index (χ1) is 17.7. The Morgan fingerprint density at radius 1 is 1.03 bits per heavy atom. The molecule has 10 heteroatoms. The molecule has 0 aliphatic carbocycles. The molecule has 0 spiro atoms. The van der Waals surface area contributed by atoms with Crippen molar-refractivity contribution < 1.29 is 21.6 Å². The molecule has 4 rings (SSSR count). The monoisotopic (exact) mass is 526 g/mol. The van der Waals surface area contributed by atoms with Gasteiger partial charge in [0, 0.05) is 35.5 Å². The molecular weight excluding hydrogens is 504 g/mol. The van der Waals surface area contributed by atoms with Crippen LogP contribution in [0, 0.1) is 18.3 Å². The Hall–Kier alpha value is -3.68. The molecule has 0 aliphatic heterocycles. The summed E-state index contributed by atoms with van der Waals surface area (Å²) in [5.74, 6) is 0.0535. The lowest BCUT2D eigenvalue weighted by atomic mass is 9.94. The minimum absolute atomic E-state index is 0.0639. The Balaban J connectivity index is 1.65. The second-order valence-corrected chi connectivity index (χ2v) is 9.14. The minimum atomic E-state index is -4.60. The zero-order valence-electron chi connectivity index (χ0n) is 20.0. The van der Waals surface area contributed by atoms with Crippen LogP contribution in [-0.4, -0.2) is 28.6 Å². The highest BCUT2D eigenvalue weighted by molar-refractivity contribution is 7.94. The van der Waals surface area contributed by atoms with Gasteiger partial charge in [0.05, 0.1) is 23.8 Å². The third-order valence-corrected chi connectivity index (χ3v) is 6.43. The van der Waals surface area contributed by atoms with E-state index < -0.39 is 11.7 Å². The highest BCUT2D eigenvalue weighted by Gasteiger charge is 2.34. The van der Waals surface area contributed by atoms with Crippen LogP contribution in [0.4, 0.5) is 17.1 Å². The predicted octanol–water partition coefficient (Wildman–Crippen LogP) is 7.72. The Morgan fingerprint density at radius 2 is 1.78 bits per heavy atom. The van der Waals surface area contributed by atoms with Gasteiger partial charge in [0.1, 0.15) is 0 Å². The fraction of sp³-hybridized carbons (Fsp3) is 0.222. The molecule has 190 valence electrons. The SMILES string of the molecule is Cc1ccccc1-c1ccc(-c2nc(-c3ccc(CN(C)CCC#N)c(SF)c3)no2)cc1C(F)(F)F. The van der Waals surface area contributed by atoms with Crippen molar-refractivity contribution in [3.05, 3.63) is 77.4 Å². The standard InChI is InChI=1S/C27H22F4N4OS/c1-17-6-3-4-7-21(17)22-11-10-19(14-23(22)27(28,29)30)26-33-25(34-36-26)18-8-9-20(24(15-18)37-31)16-35(2)13-5-12-32/h3-4,6-11,14-15H,5,13,16H2,1-2H3. The van der Waals surface area contributed by atoms with E-state index in [9.17, 15) is 17.1 Å². The van der Waals surface area contributed by atoms with E-state index in [4.69, 9.17) is 9.78 Å². The quantitative estimate of drug-likeness (QED) is 0.219. The van der Waals surface area contributed by atoms with Crippen LogP contribution >= 0.6 is 12.1 Å². The fourth-order valence-electron chi connectivity index (χ4n) is 3.99. The molecule has 0 unspecified atom stereocenters. The Labute approximate surface area is 216 Å². The van der Waals surface area contributed by atoms with E-state index in [0.717, 1.165) is 17.2 Å². The summed E-state index contributed by atoms with van der Waals surface area (Å²) in [7, 11) is 1.84. The van der Waals surface area contributed by atoms with Gasteiger partial charge in [0.2, 0.25) is 5.82 Å². The molecule has 37 heavy (non-hydrogen) atoms. The molecular formula is C27H22F4N4OS. The van der Waals surface area contributed by atoms with Gasteiger partial charge in [-0.25, -0.2) is 0 Å². The van der Waals surface area contributed by atoms with Crippen molar-refractivity contribution in [3.63, 3.8) is 0 Å². The predicted molar refractivity (Wildman–Crippen MR) is 134 cm³/mol. The number of benzene rings is 3. The van der Waals surface area contributed by atoms with Crippen molar-refractivity contribution in [3.8, 4) is 40.0 Å². The maximum absolute atomic E-state index is 14.0. The van der Waals surface area contributed by atoms with Crippen molar-refractivity contribution in [1.82, 2.24) is 15.0 Å². The first-order valence-corrected chi connectivity index (χ1v) is 12.0. The zero-order valence-corrected chi connectivity index (χ0v) is 20.8. The summed E-state index contributed by atoms with van der Waals surface area (Å²) >= 11 is 0.0757. The number of aromatic nitrogens is 2. The van der Waals surface area contributed by atoms with E-state index in [1.54, 1.807) is 49.4 Å². The maximum Gasteiger partial charge on any atom is 0.417 e. The molecule has 5 nitrogen and oxygen atoms in total. The number of nitriles is 1. The molecule has 0 amide bonds. The van der Waals surface area contributed by atoms with E-state index in [1.807, 2.05) is 11.9 Å². The molecule has 1 heterocycles. The van der Waals surface area contributed by atoms with Gasteiger partial charge in [-0.1, -0.05) is 47.6 Å². The molecule has 0 fully saturated rings.